The van der Waals surface area contributed by atoms with Crippen LogP contribution in [0.1, 0.15) is 24.2 Å². The second kappa shape index (κ2) is 7.95. The highest BCUT2D eigenvalue weighted by Gasteiger charge is 2.29. The summed E-state index contributed by atoms with van der Waals surface area (Å²) in [4.78, 5) is 12.2. The van der Waals surface area contributed by atoms with Gasteiger partial charge in [-0.1, -0.05) is 0 Å². The average molecular weight is 369 g/mol. The van der Waals surface area contributed by atoms with Crippen LogP contribution in [0.15, 0.2) is 24.3 Å². The number of halogens is 2. The Morgan fingerprint density at radius 3 is 2.72 bits per heavy atom. The van der Waals surface area contributed by atoms with Gasteiger partial charge in [0.15, 0.2) is 5.82 Å². The Balaban J connectivity index is 0.00000225. The maximum atomic E-state index is 14.4. The van der Waals surface area contributed by atoms with Crippen molar-refractivity contribution < 1.29 is 13.9 Å². The van der Waals surface area contributed by atoms with Gasteiger partial charge in [-0.3, -0.25) is 4.79 Å². The topological polar surface area (TPSA) is 82.2 Å². The largest absolute Gasteiger partial charge is 0.364 e. The molecule has 25 heavy (non-hydrogen) atoms. The van der Waals surface area contributed by atoms with Crippen LogP contribution in [-0.4, -0.2) is 34.4 Å². The number of nitrogens with two attached hydrogens (primary N) is 1. The van der Waals surface area contributed by atoms with Gasteiger partial charge < -0.3 is 15.8 Å². The molecule has 0 radical (unpaired) electrons. The van der Waals surface area contributed by atoms with Gasteiger partial charge in [0.25, 0.3) is 5.91 Å². The second-order valence-electron chi connectivity index (χ2n) is 6.05. The van der Waals surface area contributed by atoms with Crippen LogP contribution in [0.3, 0.4) is 0 Å². The van der Waals surface area contributed by atoms with Gasteiger partial charge in [0.05, 0.1) is 11.8 Å². The van der Waals surface area contributed by atoms with Crippen molar-refractivity contribution in [1.82, 2.24) is 9.78 Å². The van der Waals surface area contributed by atoms with Gasteiger partial charge >= 0.3 is 0 Å². The van der Waals surface area contributed by atoms with E-state index in [1.165, 1.54) is 6.07 Å². The Hall–Kier alpha value is -1.96. The summed E-state index contributed by atoms with van der Waals surface area (Å²) in [6.07, 6.45) is 0.781. The quantitative estimate of drug-likeness (QED) is 0.868. The molecule has 1 fully saturated rings. The Bertz CT molecular complexity index is 765. The molecule has 0 saturated carbocycles. The number of rotatable bonds is 4. The average Bonchev–Trinajstić information content (AvgIpc) is 3.14. The number of carbonyl (C=O) groups excluding carboxylic acids is 1. The molecule has 136 valence electrons. The number of anilines is 1. The summed E-state index contributed by atoms with van der Waals surface area (Å²) < 4.78 is 21.5. The van der Waals surface area contributed by atoms with Crippen LogP contribution in [0.2, 0.25) is 0 Å². The Morgan fingerprint density at radius 2 is 2.16 bits per heavy atom. The van der Waals surface area contributed by atoms with E-state index in [1.807, 2.05) is 19.9 Å². The fourth-order valence-electron chi connectivity index (χ4n) is 2.92. The zero-order chi connectivity index (χ0) is 17.3. The SMILES string of the molecule is Cc1cc(C)n(-c2ccc(NC(=O)[C@@H]3CC[C@H](CN)O3)cc2F)n1.Cl. The summed E-state index contributed by atoms with van der Waals surface area (Å²) >= 11 is 0. The molecule has 3 rings (SSSR count). The van der Waals surface area contributed by atoms with Crippen molar-refractivity contribution in [2.75, 3.05) is 11.9 Å². The molecule has 0 unspecified atom stereocenters. The predicted octanol–water partition coefficient (Wildman–Crippen LogP) is 2.49. The van der Waals surface area contributed by atoms with Gasteiger partial charge in [0.2, 0.25) is 0 Å². The second-order valence-corrected chi connectivity index (χ2v) is 6.05. The molecule has 0 bridgehead atoms. The molecular weight excluding hydrogens is 347 g/mol. The predicted molar refractivity (Wildman–Crippen MR) is 95.8 cm³/mol. The minimum absolute atomic E-state index is 0. The van der Waals surface area contributed by atoms with E-state index in [2.05, 4.69) is 10.4 Å². The first kappa shape index (κ1) is 19.4. The Kier molecular flexibility index (Phi) is 6.16. The number of hydrogen-bond acceptors (Lipinski definition) is 4. The van der Waals surface area contributed by atoms with E-state index in [9.17, 15) is 9.18 Å². The fourth-order valence-corrected chi connectivity index (χ4v) is 2.92. The van der Waals surface area contributed by atoms with E-state index in [1.54, 1.807) is 16.8 Å². The van der Waals surface area contributed by atoms with E-state index < -0.39 is 11.9 Å². The molecule has 1 aromatic carbocycles. The van der Waals surface area contributed by atoms with Crippen molar-refractivity contribution >= 4 is 24.0 Å². The first-order valence-corrected chi connectivity index (χ1v) is 7.97. The highest BCUT2D eigenvalue weighted by molar-refractivity contribution is 5.94. The lowest BCUT2D eigenvalue weighted by molar-refractivity contribution is -0.126. The monoisotopic (exact) mass is 368 g/mol. The number of amides is 1. The lowest BCUT2D eigenvalue weighted by Crippen LogP contribution is -2.29. The smallest absolute Gasteiger partial charge is 0.253 e. The molecule has 0 aliphatic carbocycles. The maximum Gasteiger partial charge on any atom is 0.253 e. The van der Waals surface area contributed by atoms with Gasteiger partial charge in [-0.05, 0) is 51.0 Å². The molecule has 1 aliphatic heterocycles. The third-order valence-corrected chi connectivity index (χ3v) is 4.12. The first-order chi connectivity index (χ1) is 11.5. The minimum Gasteiger partial charge on any atom is -0.364 e. The van der Waals surface area contributed by atoms with Gasteiger partial charge in [-0.2, -0.15) is 5.10 Å². The normalized spacial score (nSPS) is 19.5. The van der Waals surface area contributed by atoms with Gasteiger partial charge in [0, 0.05) is 17.9 Å². The number of aromatic nitrogens is 2. The standard InChI is InChI=1S/C17H21FN4O2.ClH/c1-10-7-11(2)22(21-10)15-5-3-12(8-14(15)18)20-17(23)16-6-4-13(9-19)24-16;/h3,5,7-8,13,16H,4,6,9,19H2,1-2H3,(H,20,23);1H/t13-,16+;/m1./s1. The number of nitrogens with one attached hydrogen (secondary N) is 1. The molecule has 2 heterocycles. The third-order valence-electron chi connectivity index (χ3n) is 4.12. The number of benzene rings is 1. The van der Waals surface area contributed by atoms with Crippen LogP contribution in [0, 0.1) is 19.7 Å². The van der Waals surface area contributed by atoms with Crippen molar-refractivity contribution in [2.24, 2.45) is 5.73 Å². The summed E-state index contributed by atoms with van der Waals surface area (Å²) in [5, 5.41) is 6.96. The van der Waals surface area contributed by atoms with Gasteiger partial charge in [-0.25, -0.2) is 9.07 Å². The minimum atomic E-state index is -0.530. The number of ether oxygens (including phenoxy) is 1. The van der Waals surface area contributed by atoms with Crippen molar-refractivity contribution in [1.29, 1.82) is 0 Å². The van der Waals surface area contributed by atoms with Crippen LogP contribution >= 0.6 is 12.4 Å². The van der Waals surface area contributed by atoms with Gasteiger partial charge in [0.1, 0.15) is 11.8 Å². The van der Waals surface area contributed by atoms with E-state index in [0.29, 0.717) is 24.3 Å². The maximum absolute atomic E-state index is 14.4. The zero-order valence-electron chi connectivity index (χ0n) is 14.2. The molecule has 2 aromatic rings. The molecule has 1 aliphatic rings. The molecule has 1 saturated heterocycles. The Labute approximate surface area is 151 Å². The summed E-state index contributed by atoms with van der Waals surface area (Å²) in [6.45, 7) is 4.11. The van der Waals surface area contributed by atoms with E-state index >= 15 is 0 Å². The number of nitrogens with zero attached hydrogens (tertiary/aromatic N) is 2. The van der Waals surface area contributed by atoms with E-state index in [-0.39, 0.29) is 24.4 Å². The number of carbonyl (C=O) groups is 1. The number of aryl methyl sites for hydroxylation is 2. The Morgan fingerprint density at radius 1 is 1.40 bits per heavy atom. The van der Waals surface area contributed by atoms with Crippen LogP contribution in [0.5, 0.6) is 0 Å². The molecule has 2 atom stereocenters. The molecule has 1 amide bonds. The van der Waals surface area contributed by atoms with E-state index in [0.717, 1.165) is 17.8 Å². The van der Waals surface area contributed by atoms with Crippen molar-refractivity contribution in [3.8, 4) is 5.69 Å². The molecule has 3 N–H and O–H groups in total. The lowest BCUT2D eigenvalue weighted by atomic mass is 10.2. The van der Waals surface area contributed by atoms with E-state index in [4.69, 9.17) is 10.5 Å². The van der Waals surface area contributed by atoms with Crippen molar-refractivity contribution in [2.45, 2.75) is 38.9 Å². The summed E-state index contributed by atoms with van der Waals surface area (Å²) in [5.41, 5.74) is 7.94. The van der Waals surface area contributed by atoms with Crippen molar-refractivity contribution in [3.63, 3.8) is 0 Å². The molecule has 8 heteroatoms. The van der Waals surface area contributed by atoms with Crippen LogP contribution in [-0.2, 0) is 9.53 Å². The molecule has 1 aromatic heterocycles. The molecular formula is C17H22ClFN4O2. The first-order valence-electron chi connectivity index (χ1n) is 7.97. The van der Waals surface area contributed by atoms with Crippen molar-refractivity contribution in [3.05, 3.63) is 41.5 Å². The molecule has 0 spiro atoms. The summed E-state index contributed by atoms with van der Waals surface area (Å²) in [6, 6.07) is 6.42. The summed E-state index contributed by atoms with van der Waals surface area (Å²) in [5.74, 6) is -0.726. The summed E-state index contributed by atoms with van der Waals surface area (Å²) in [7, 11) is 0. The van der Waals surface area contributed by atoms with Crippen LogP contribution < -0.4 is 11.1 Å². The van der Waals surface area contributed by atoms with Crippen LogP contribution in [0.4, 0.5) is 10.1 Å². The van der Waals surface area contributed by atoms with Crippen LogP contribution in [0.25, 0.3) is 5.69 Å². The highest BCUT2D eigenvalue weighted by atomic mass is 35.5. The highest BCUT2D eigenvalue weighted by Crippen LogP contribution is 2.23. The molecule has 6 nitrogen and oxygen atoms in total. The number of hydrogen-bond donors (Lipinski definition) is 2. The lowest BCUT2D eigenvalue weighted by Gasteiger charge is -2.13. The third kappa shape index (κ3) is 4.18. The zero-order valence-corrected chi connectivity index (χ0v) is 15.0. The van der Waals surface area contributed by atoms with Gasteiger partial charge in [-0.15, -0.1) is 12.4 Å². The fraction of sp³-hybridized carbons (Fsp3) is 0.412.